The van der Waals surface area contributed by atoms with Crippen molar-refractivity contribution in [1.82, 2.24) is 4.98 Å². The fourth-order valence-corrected chi connectivity index (χ4v) is 3.00. The minimum Gasteiger partial charge on any atom is -0.462 e. The van der Waals surface area contributed by atoms with E-state index >= 15 is 0 Å². The van der Waals surface area contributed by atoms with Gasteiger partial charge in [-0.3, -0.25) is 4.98 Å². The number of fused-ring (bicyclic) bond motifs is 1. The third-order valence-electron chi connectivity index (χ3n) is 3.85. The van der Waals surface area contributed by atoms with E-state index in [-0.39, 0.29) is 13.2 Å². The van der Waals surface area contributed by atoms with Gasteiger partial charge in [-0.1, -0.05) is 47.0 Å². The molecule has 7 heteroatoms. The Bertz CT molecular complexity index is 1010. The lowest BCUT2D eigenvalue weighted by molar-refractivity contribution is 0.0525. The second-order valence-electron chi connectivity index (χ2n) is 5.45. The number of azide groups is 1. The number of carbonyl (C=O) groups is 1. The lowest BCUT2D eigenvalue weighted by atomic mass is 9.94. The molecule has 0 unspecified atom stereocenters. The number of benzene rings is 2. The summed E-state index contributed by atoms with van der Waals surface area (Å²) in [6.45, 7) is 1.91. The predicted octanol–water partition coefficient (Wildman–Crippen LogP) is 5.54. The molecule has 0 aliphatic heterocycles. The number of carbonyl (C=O) groups excluding carboxylic acids is 1. The summed E-state index contributed by atoms with van der Waals surface area (Å²) in [5.41, 5.74) is 11.5. The number of ether oxygens (including phenoxy) is 1. The number of pyridine rings is 1. The van der Waals surface area contributed by atoms with Crippen LogP contribution in [0.1, 0.15) is 23.0 Å². The van der Waals surface area contributed by atoms with Gasteiger partial charge in [-0.15, -0.1) is 0 Å². The summed E-state index contributed by atoms with van der Waals surface area (Å²) in [5, 5.41) is 4.86. The first-order chi connectivity index (χ1) is 12.7. The quantitative estimate of drug-likeness (QED) is 0.257. The summed E-state index contributed by atoms with van der Waals surface area (Å²) in [6.07, 6.45) is 0. The Morgan fingerprint density at radius 1 is 1.27 bits per heavy atom. The fourth-order valence-electron chi connectivity index (χ4n) is 2.83. The molecule has 2 aromatic carbocycles. The van der Waals surface area contributed by atoms with Crippen LogP contribution < -0.4 is 0 Å². The number of rotatable bonds is 5. The highest BCUT2D eigenvalue weighted by atomic mass is 35.5. The molecule has 26 heavy (non-hydrogen) atoms. The first-order valence-electron chi connectivity index (χ1n) is 8.01. The van der Waals surface area contributed by atoms with E-state index in [0.29, 0.717) is 27.4 Å². The topological polar surface area (TPSA) is 88.0 Å². The average Bonchev–Trinajstić information content (AvgIpc) is 2.66. The van der Waals surface area contributed by atoms with Gasteiger partial charge in [0, 0.05) is 20.9 Å². The van der Waals surface area contributed by atoms with E-state index in [1.54, 1.807) is 25.1 Å². The number of halogens is 1. The molecule has 0 saturated heterocycles. The summed E-state index contributed by atoms with van der Waals surface area (Å²) in [6, 6.07) is 14.7. The van der Waals surface area contributed by atoms with E-state index in [1.807, 2.05) is 30.3 Å². The van der Waals surface area contributed by atoms with Crippen molar-refractivity contribution in [3.8, 4) is 11.1 Å². The zero-order chi connectivity index (χ0) is 18.5. The molecule has 6 nitrogen and oxygen atoms in total. The van der Waals surface area contributed by atoms with Crippen molar-refractivity contribution in [2.24, 2.45) is 5.11 Å². The molecule has 0 fully saturated rings. The van der Waals surface area contributed by atoms with Crippen LogP contribution in [0.2, 0.25) is 5.02 Å². The highest BCUT2D eigenvalue weighted by molar-refractivity contribution is 6.31. The second kappa shape index (κ2) is 7.87. The molecule has 130 valence electrons. The average molecular weight is 367 g/mol. The van der Waals surface area contributed by atoms with Crippen LogP contribution in [0, 0.1) is 0 Å². The number of nitrogens with zero attached hydrogens (tertiary/aromatic N) is 4. The van der Waals surface area contributed by atoms with Crippen molar-refractivity contribution < 1.29 is 9.53 Å². The number of esters is 1. The van der Waals surface area contributed by atoms with Gasteiger partial charge in [0.2, 0.25) is 0 Å². The monoisotopic (exact) mass is 366 g/mol. The predicted molar refractivity (Wildman–Crippen MR) is 101 cm³/mol. The van der Waals surface area contributed by atoms with Gasteiger partial charge in [0.05, 0.1) is 29.9 Å². The fraction of sp³-hybridized carbons (Fsp3) is 0.158. The van der Waals surface area contributed by atoms with Crippen molar-refractivity contribution >= 4 is 28.5 Å². The summed E-state index contributed by atoms with van der Waals surface area (Å²) >= 11 is 6.18. The lowest BCUT2D eigenvalue weighted by Gasteiger charge is -2.16. The van der Waals surface area contributed by atoms with Crippen LogP contribution in [0.15, 0.2) is 53.6 Å². The van der Waals surface area contributed by atoms with Crippen molar-refractivity contribution in [2.75, 3.05) is 6.61 Å². The van der Waals surface area contributed by atoms with E-state index in [9.17, 15) is 4.79 Å². The van der Waals surface area contributed by atoms with Gasteiger partial charge in [0.15, 0.2) is 0 Å². The van der Waals surface area contributed by atoms with Gasteiger partial charge in [-0.25, -0.2) is 4.79 Å². The van der Waals surface area contributed by atoms with E-state index in [0.717, 1.165) is 10.9 Å². The molecule has 0 N–H and O–H groups in total. The Kier molecular flexibility index (Phi) is 5.37. The highest BCUT2D eigenvalue weighted by Gasteiger charge is 2.23. The number of hydrogen-bond donors (Lipinski definition) is 0. The zero-order valence-corrected chi connectivity index (χ0v) is 14.8. The molecule has 0 aliphatic carbocycles. The maximum atomic E-state index is 12.7. The van der Waals surface area contributed by atoms with Crippen LogP contribution in [0.4, 0.5) is 0 Å². The third-order valence-corrected chi connectivity index (χ3v) is 4.08. The summed E-state index contributed by atoms with van der Waals surface area (Å²) in [4.78, 5) is 20.0. The normalized spacial score (nSPS) is 10.4. The molecule has 0 aliphatic rings. The van der Waals surface area contributed by atoms with Crippen molar-refractivity contribution in [1.29, 1.82) is 0 Å². The van der Waals surface area contributed by atoms with E-state index in [2.05, 4.69) is 15.0 Å². The minimum atomic E-state index is -0.510. The molecule has 0 atom stereocenters. The molecule has 0 spiro atoms. The Morgan fingerprint density at radius 3 is 2.73 bits per heavy atom. The number of hydrogen-bond acceptors (Lipinski definition) is 4. The van der Waals surface area contributed by atoms with Gasteiger partial charge >= 0.3 is 5.97 Å². The Balaban J connectivity index is 2.43. The van der Waals surface area contributed by atoms with Crippen LogP contribution in [0.5, 0.6) is 0 Å². The molecule has 1 heterocycles. The Labute approximate surface area is 155 Å². The smallest absolute Gasteiger partial charge is 0.340 e. The minimum absolute atomic E-state index is 0.0525. The molecular weight excluding hydrogens is 352 g/mol. The van der Waals surface area contributed by atoms with Gasteiger partial charge in [0.25, 0.3) is 0 Å². The van der Waals surface area contributed by atoms with Gasteiger partial charge in [0.1, 0.15) is 0 Å². The van der Waals surface area contributed by atoms with Crippen molar-refractivity contribution in [3.63, 3.8) is 0 Å². The molecule has 0 saturated carbocycles. The van der Waals surface area contributed by atoms with E-state index < -0.39 is 5.97 Å². The molecular formula is C19H15ClN4O2. The molecule has 0 amide bonds. The van der Waals surface area contributed by atoms with Gasteiger partial charge in [-0.2, -0.15) is 0 Å². The summed E-state index contributed by atoms with van der Waals surface area (Å²) in [5.74, 6) is -0.510. The Hall–Kier alpha value is -3.08. The second-order valence-corrected chi connectivity index (χ2v) is 5.88. The van der Waals surface area contributed by atoms with Gasteiger partial charge in [-0.05, 0) is 36.2 Å². The molecule has 0 bridgehead atoms. The number of aromatic nitrogens is 1. The van der Waals surface area contributed by atoms with Crippen molar-refractivity contribution in [3.05, 3.63) is 75.3 Å². The summed E-state index contributed by atoms with van der Waals surface area (Å²) in [7, 11) is 0. The zero-order valence-electron chi connectivity index (χ0n) is 14.0. The molecule has 3 aromatic rings. The third kappa shape index (κ3) is 3.47. The standard InChI is InChI=1S/C19H15ClN4O2/c1-2-26-19(25)18-16(11-22-24-21)23-15-9-8-13(20)10-14(15)17(18)12-6-4-3-5-7-12/h3-10H,2,11H2,1H3. The Morgan fingerprint density at radius 2 is 2.04 bits per heavy atom. The van der Waals surface area contributed by atoms with Crippen LogP contribution >= 0.6 is 11.6 Å². The van der Waals surface area contributed by atoms with Crippen LogP contribution in [-0.2, 0) is 11.3 Å². The van der Waals surface area contributed by atoms with Crippen molar-refractivity contribution in [2.45, 2.75) is 13.5 Å². The molecule has 3 rings (SSSR count). The summed E-state index contributed by atoms with van der Waals surface area (Å²) < 4.78 is 5.24. The van der Waals surface area contributed by atoms with Crippen LogP contribution in [0.3, 0.4) is 0 Å². The SMILES string of the molecule is CCOC(=O)c1c(CN=[N+]=[N-])nc2ccc(Cl)cc2c1-c1ccccc1. The van der Waals surface area contributed by atoms with Crippen LogP contribution in [-0.4, -0.2) is 17.6 Å². The molecule has 1 aromatic heterocycles. The van der Waals surface area contributed by atoms with E-state index in [4.69, 9.17) is 21.9 Å². The maximum Gasteiger partial charge on any atom is 0.340 e. The lowest BCUT2D eigenvalue weighted by Crippen LogP contribution is -2.12. The first-order valence-corrected chi connectivity index (χ1v) is 8.39. The molecule has 0 radical (unpaired) electrons. The highest BCUT2D eigenvalue weighted by Crippen LogP contribution is 2.35. The van der Waals surface area contributed by atoms with E-state index in [1.165, 1.54) is 0 Å². The van der Waals surface area contributed by atoms with Gasteiger partial charge < -0.3 is 4.74 Å². The maximum absolute atomic E-state index is 12.7. The van der Waals surface area contributed by atoms with Crippen LogP contribution in [0.25, 0.3) is 32.5 Å². The first kappa shape index (κ1) is 17.7. The largest absolute Gasteiger partial charge is 0.462 e.